The fourth-order valence-electron chi connectivity index (χ4n) is 3.69. The molecule has 1 saturated heterocycles. The van der Waals surface area contributed by atoms with Crippen LogP contribution in [0.3, 0.4) is 0 Å². The van der Waals surface area contributed by atoms with Gasteiger partial charge in [-0.25, -0.2) is 13.4 Å². The second-order valence-electron chi connectivity index (χ2n) is 8.47. The molecule has 0 spiro atoms. The third-order valence-corrected chi connectivity index (χ3v) is 8.97. The first kappa shape index (κ1) is 24.6. The van der Waals surface area contributed by atoms with E-state index in [2.05, 4.69) is 15.5 Å². The molecule has 36 heavy (non-hydrogen) atoms. The first-order valence-electron chi connectivity index (χ1n) is 11.6. The van der Waals surface area contributed by atoms with E-state index in [0.717, 1.165) is 4.70 Å². The molecule has 1 amide bonds. The molecule has 0 bridgehead atoms. The van der Waals surface area contributed by atoms with E-state index in [9.17, 15) is 13.2 Å². The monoisotopic (exact) mass is 531 g/mol. The lowest BCUT2D eigenvalue weighted by Crippen LogP contribution is -2.25. The number of aliphatic hydroxyl groups is 1. The predicted molar refractivity (Wildman–Crippen MR) is 134 cm³/mol. The Morgan fingerprint density at radius 1 is 1.19 bits per heavy atom. The molecule has 1 atom stereocenters. The van der Waals surface area contributed by atoms with Gasteiger partial charge in [-0.1, -0.05) is 28.6 Å². The molecule has 2 fully saturated rings. The van der Waals surface area contributed by atoms with Gasteiger partial charge in [0.25, 0.3) is 5.91 Å². The van der Waals surface area contributed by atoms with Gasteiger partial charge in [0, 0.05) is 12.0 Å². The molecule has 0 unspecified atom stereocenters. The molecule has 1 aliphatic heterocycles. The minimum absolute atomic E-state index is 0.00324. The highest BCUT2D eigenvalue weighted by molar-refractivity contribution is 7.92. The SMILES string of the molecule is O=C(Nc1nc2ccc(OCCO)cc2s1)/C(=N/O[C@@H]1CCOC1)c1ccc(S(=O)(=O)C2CC2)cc1. The van der Waals surface area contributed by atoms with Gasteiger partial charge in [-0.15, -0.1) is 0 Å². The number of amides is 1. The number of aliphatic hydroxyl groups excluding tert-OH is 1. The molecule has 2 heterocycles. The Labute approximate surface area is 211 Å². The number of aromatic nitrogens is 1. The van der Waals surface area contributed by atoms with Gasteiger partial charge in [0.05, 0.1) is 40.2 Å². The quantitative estimate of drug-likeness (QED) is 0.301. The summed E-state index contributed by atoms with van der Waals surface area (Å²) in [4.78, 5) is 23.5. The highest BCUT2D eigenvalue weighted by Crippen LogP contribution is 2.33. The Hall–Kier alpha value is -3.06. The molecule has 1 aromatic heterocycles. The number of nitrogens with one attached hydrogen (secondary N) is 1. The number of hydrogen-bond acceptors (Lipinski definition) is 10. The second-order valence-corrected chi connectivity index (χ2v) is 11.7. The van der Waals surface area contributed by atoms with E-state index in [4.69, 9.17) is 19.4 Å². The number of rotatable bonds is 10. The average Bonchev–Trinajstić information content (AvgIpc) is 3.48. The van der Waals surface area contributed by atoms with E-state index in [1.165, 1.54) is 23.5 Å². The van der Waals surface area contributed by atoms with Crippen LogP contribution < -0.4 is 10.1 Å². The van der Waals surface area contributed by atoms with Crippen LogP contribution in [0.25, 0.3) is 10.2 Å². The van der Waals surface area contributed by atoms with Crippen molar-refractivity contribution < 1.29 is 32.6 Å². The molecule has 2 N–H and O–H groups in total. The summed E-state index contributed by atoms with van der Waals surface area (Å²) < 4.78 is 36.6. The van der Waals surface area contributed by atoms with Crippen LogP contribution in [0.15, 0.2) is 52.5 Å². The van der Waals surface area contributed by atoms with Crippen LogP contribution in [-0.2, 0) is 24.2 Å². The number of hydrogen-bond donors (Lipinski definition) is 2. The number of nitrogens with zero attached hydrogens (tertiary/aromatic N) is 2. The number of oxime groups is 1. The van der Waals surface area contributed by atoms with Gasteiger partial charge in [-0.05, 0) is 43.2 Å². The molecule has 3 aromatic rings. The van der Waals surface area contributed by atoms with Crippen LogP contribution in [0.2, 0.25) is 0 Å². The van der Waals surface area contributed by atoms with Crippen LogP contribution in [-0.4, -0.2) is 67.9 Å². The molecular formula is C24H25N3O7S2. The molecular weight excluding hydrogens is 506 g/mol. The highest BCUT2D eigenvalue weighted by Gasteiger charge is 2.36. The molecule has 1 aliphatic carbocycles. The molecule has 0 radical (unpaired) electrons. The number of benzene rings is 2. The van der Waals surface area contributed by atoms with Gasteiger partial charge >= 0.3 is 0 Å². The van der Waals surface area contributed by atoms with E-state index in [-0.39, 0.29) is 35.2 Å². The Kier molecular flexibility index (Phi) is 7.19. The Morgan fingerprint density at radius 2 is 2.00 bits per heavy atom. The van der Waals surface area contributed by atoms with Crippen molar-refractivity contribution in [2.75, 3.05) is 31.7 Å². The van der Waals surface area contributed by atoms with Gasteiger partial charge in [0.2, 0.25) is 0 Å². The maximum Gasteiger partial charge on any atom is 0.280 e. The number of thiazole rings is 1. The van der Waals surface area contributed by atoms with Crippen LogP contribution in [0, 0.1) is 0 Å². The first-order chi connectivity index (χ1) is 17.4. The van der Waals surface area contributed by atoms with Crippen molar-refractivity contribution in [2.45, 2.75) is 35.5 Å². The molecule has 10 nitrogen and oxygen atoms in total. The largest absolute Gasteiger partial charge is 0.491 e. The van der Waals surface area contributed by atoms with E-state index < -0.39 is 15.7 Å². The van der Waals surface area contributed by atoms with Gasteiger partial charge < -0.3 is 19.4 Å². The van der Waals surface area contributed by atoms with E-state index in [0.29, 0.717) is 54.4 Å². The van der Waals surface area contributed by atoms with Crippen molar-refractivity contribution in [1.82, 2.24) is 4.98 Å². The van der Waals surface area contributed by atoms with Gasteiger partial charge in [-0.3, -0.25) is 10.1 Å². The maximum atomic E-state index is 13.2. The minimum atomic E-state index is -3.35. The zero-order chi connectivity index (χ0) is 25.1. The number of sulfone groups is 1. The molecule has 1 saturated carbocycles. The number of anilines is 1. The number of ether oxygens (including phenoxy) is 2. The fraction of sp³-hybridized carbons (Fsp3) is 0.375. The van der Waals surface area contributed by atoms with Crippen LogP contribution in [0.1, 0.15) is 24.8 Å². The van der Waals surface area contributed by atoms with Crippen molar-refractivity contribution >= 4 is 48.1 Å². The van der Waals surface area contributed by atoms with Crippen molar-refractivity contribution in [3.8, 4) is 5.75 Å². The van der Waals surface area contributed by atoms with E-state index in [1.54, 1.807) is 30.3 Å². The Morgan fingerprint density at radius 3 is 2.69 bits per heavy atom. The topological polar surface area (TPSA) is 136 Å². The van der Waals surface area contributed by atoms with Crippen molar-refractivity contribution in [2.24, 2.45) is 5.16 Å². The lowest BCUT2D eigenvalue weighted by atomic mass is 10.1. The number of fused-ring (bicyclic) bond motifs is 1. The normalized spacial score (nSPS) is 18.4. The summed E-state index contributed by atoms with van der Waals surface area (Å²) in [5.74, 6) is 0.0521. The zero-order valence-corrected chi connectivity index (χ0v) is 20.9. The number of carbonyl (C=O) groups is 1. The van der Waals surface area contributed by atoms with Crippen molar-refractivity contribution in [3.05, 3.63) is 48.0 Å². The third kappa shape index (κ3) is 5.51. The summed E-state index contributed by atoms with van der Waals surface area (Å²) in [7, 11) is -3.35. The molecule has 2 aliphatic rings. The number of carbonyl (C=O) groups excluding carboxylic acids is 1. The lowest BCUT2D eigenvalue weighted by Gasteiger charge is -2.10. The first-order valence-corrected chi connectivity index (χ1v) is 13.9. The lowest BCUT2D eigenvalue weighted by molar-refractivity contribution is -0.110. The molecule has 190 valence electrons. The second kappa shape index (κ2) is 10.5. The van der Waals surface area contributed by atoms with E-state index >= 15 is 0 Å². The Bertz CT molecular complexity index is 1380. The van der Waals surface area contributed by atoms with E-state index in [1.807, 2.05) is 0 Å². The highest BCUT2D eigenvalue weighted by atomic mass is 32.2. The summed E-state index contributed by atoms with van der Waals surface area (Å²) in [6.45, 7) is 1.04. The third-order valence-electron chi connectivity index (χ3n) is 5.76. The standard InChI is InChI=1S/C24H25N3O7S2/c28-10-12-33-16-3-8-20-21(13-16)35-24(25-20)26-23(29)22(27-34-17-9-11-32-14-17)15-1-4-18(5-2-15)36(30,31)19-6-7-19/h1-5,8,13,17,19,28H,6-7,9-12,14H2,(H,25,26,29)/b27-22+/t17-/m1/s1. The van der Waals surface area contributed by atoms with Gasteiger partial charge in [0.1, 0.15) is 12.4 Å². The average molecular weight is 532 g/mol. The zero-order valence-electron chi connectivity index (χ0n) is 19.3. The summed E-state index contributed by atoms with van der Waals surface area (Å²) in [6.07, 6.45) is 1.75. The van der Waals surface area contributed by atoms with Gasteiger partial charge in [0.15, 0.2) is 26.8 Å². The summed E-state index contributed by atoms with van der Waals surface area (Å²) >= 11 is 1.26. The van der Waals surface area contributed by atoms with Crippen molar-refractivity contribution in [1.29, 1.82) is 0 Å². The molecule has 5 rings (SSSR count). The summed E-state index contributed by atoms with van der Waals surface area (Å²) in [5.41, 5.74) is 1.10. The minimum Gasteiger partial charge on any atom is -0.491 e. The van der Waals surface area contributed by atoms with Crippen LogP contribution in [0.4, 0.5) is 5.13 Å². The van der Waals surface area contributed by atoms with Crippen LogP contribution in [0.5, 0.6) is 5.75 Å². The molecule has 12 heteroatoms. The van der Waals surface area contributed by atoms with Crippen LogP contribution >= 0.6 is 11.3 Å². The fourth-order valence-corrected chi connectivity index (χ4v) is 6.24. The predicted octanol–water partition coefficient (Wildman–Crippen LogP) is 2.75. The summed E-state index contributed by atoms with van der Waals surface area (Å²) in [5, 5.41) is 15.9. The smallest absolute Gasteiger partial charge is 0.280 e. The Balaban J connectivity index is 1.38. The molecule has 2 aromatic carbocycles. The van der Waals surface area contributed by atoms with Crippen molar-refractivity contribution in [3.63, 3.8) is 0 Å². The maximum absolute atomic E-state index is 13.2. The van der Waals surface area contributed by atoms with Gasteiger partial charge in [-0.2, -0.15) is 0 Å². The summed E-state index contributed by atoms with van der Waals surface area (Å²) in [6, 6.07) is 11.4.